The number of para-hydroxylation sites is 1. The summed E-state index contributed by atoms with van der Waals surface area (Å²) < 4.78 is 40.1. The fourth-order valence-corrected chi connectivity index (χ4v) is 4.16. The Labute approximate surface area is 171 Å². The average molecular weight is 419 g/mol. The van der Waals surface area contributed by atoms with Crippen molar-refractivity contribution in [2.24, 2.45) is 0 Å². The maximum Gasteiger partial charge on any atom is 0.254 e. The molecule has 3 rings (SSSR count). The van der Waals surface area contributed by atoms with Crippen LogP contribution < -0.4 is 14.2 Å². The predicted octanol–water partition coefficient (Wildman–Crippen LogP) is 2.41. The van der Waals surface area contributed by atoms with Gasteiger partial charge in [0.1, 0.15) is 19.0 Å². The second kappa shape index (κ2) is 9.65. The van der Waals surface area contributed by atoms with Crippen molar-refractivity contribution in [2.45, 2.75) is 6.92 Å². The summed E-state index contributed by atoms with van der Waals surface area (Å²) in [5, 5.41) is 0. The van der Waals surface area contributed by atoms with Crippen LogP contribution in [0, 0.1) is 0 Å². The summed E-state index contributed by atoms with van der Waals surface area (Å²) >= 11 is 0. The van der Waals surface area contributed by atoms with Gasteiger partial charge >= 0.3 is 0 Å². The van der Waals surface area contributed by atoms with Crippen LogP contribution in [0.4, 0.5) is 0 Å². The van der Waals surface area contributed by atoms with E-state index in [0.717, 1.165) is 5.75 Å². The van der Waals surface area contributed by atoms with Crippen LogP contribution in [0.15, 0.2) is 48.5 Å². The molecule has 1 aliphatic heterocycles. The molecule has 1 fully saturated rings. The van der Waals surface area contributed by atoms with Gasteiger partial charge in [0, 0.05) is 18.7 Å². The number of benzene rings is 2. The van der Waals surface area contributed by atoms with Crippen LogP contribution >= 0.6 is 0 Å². The zero-order valence-electron chi connectivity index (χ0n) is 16.4. The van der Waals surface area contributed by atoms with Crippen molar-refractivity contribution in [1.29, 1.82) is 0 Å². The summed E-state index contributed by atoms with van der Waals surface area (Å²) in [5.74, 6) is 1.56. The minimum Gasteiger partial charge on any atom is -0.490 e. The van der Waals surface area contributed by atoms with E-state index in [-0.39, 0.29) is 30.5 Å². The Morgan fingerprint density at radius 1 is 0.931 bits per heavy atom. The highest BCUT2D eigenvalue weighted by atomic mass is 32.2. The van der Waals surface area contributed by atoms with Crippen LogP contribution in [-0.2, 0) is 9.84 Å². The Morgan fingerprint density at radius 3 is 2.31 bits per heavy atom. The molecular formula is C21H25NO6S. The molecule has 2 aromatic carbocycles. The molecule has 8 heteroatoms. The molecule has 0 atom stereocenters. The highest BCUT2D eigenvalue weighted by Gasteiger charge is 2.26. The zero-order valence-corrected chi connectivity index (χ0v) is 17.2. The molecule has 0 radical (unpaired) electrons. The topological polar surface area (TPSA) is 82.1 Å². The molecule has 0 unspecified atom stereocenters. The first-order chi connectivity index (χ1) is 14.0. The quantitative estimate of drug-likeness (QED) is 0.611. The third kappa shape index (κ3) is 5.87. The Balaban J connectivity index is 1.61. The molecule has 156 valence electrons. The first kappa shape index (κ1) is 21.0. The molecule has 0 aromatic heterocycles. The van der Waals surface area contributed by atoms with E-state index in [9.17, 15) is 13.2 Å². The molecular weight excluding hydrogens is 394 g/mol. The fraction of sp³-hybridized carbons (Fsp3) is 0.381. The zero-order chi connectivity index (χ0) is 20.7. The van der Waals surface area contributed by atoms with Crippen LogP contribution in [-0.4, -0.2) is 63.6 Å². The Hall–Kier alpha value is -2.74. The standard InChI is InChI=1S/C21H25NO6S/c1-2-26-20-16-17(21(23)22-10-14-29(24,25)15-11-22)8-9-19(20)28-13-12-27-18-6-4-3-5-7-18/h3-9,16H,2,10-15H2,1H3. The van der Waals surface area contributed by atoms with Gasteiger partial charge in [0.15, 0.2) is 21.3 Å². The van der Waals surface area contributed by atoms with Crippen molar-refractivity contribution >= 4 is 15.7 Å². The van der Waals surface area contributed by atoms with Gasteiger partial charge in [0.25, 0.3) is 5.91 Å². The molecule has 7 nitrogen and oxygen atoms in total. The number of ether oxygens (including phenoxy) is 3. The van der Waals surface area contributed by atoms with E-state index < -0.39 is 9.84 Å². The summed E-state index contributed by atoms with van der Waals surface area (Å²) in [7, 11) is -3.04. The number of rotatable bonds is 8. The lowest BCUT2D eigenvalue weighted by Crippen LogP contribution is -2.43. The van der Waals surface area contributed by atoms with Gasteiger partial charge in [0.05, 0.1) is 18.1 Å². The number of hydrogen-bond acceptors (Lipinski definition) is 6. The predicted molar refractivity (Wildman–Crippen MR) is 110 cm³/mol. The van der Waals surface area contributed by atoms with E-state index in [1.54, 1.807) is 23.1 Å². The molecule has 0 spiro atoms. The van der Waals surface area contributed by atoms with Crippen molar-refractivity contribution in [3.8, 4) is 17.2 Å². The molecule has 1 saturated heterocycles. The van der Waals surface area contributed by atoms with E-state index in [0.29, 0.717) is 36.9 Å². The normalized spacial score (nSPS) is 15.6. The van der Waals surface area contributed by atoms with Gasteiger partial charge in [-0.25, -0.2) is 8.42 Å². The number of nitrogens with zero attached hydrogens (tertiary/aromatic N) is 1. The molecule has 2 aromatic rings. The first-order valence-corrected chi connectivity index (χ1v) is 11.4. The SMILES string of the molecule is CCOc1cc(C(=O)N2CCS(=O)(=O)CC2)ccc1OCCOc1ccccc1. The van der Waals surface area contributed by atoms with E-state index in [2.05, 4.69) is 0 Å². The molecule has 0 saturated carbocycles. The summed E-state index contributed by atoms with van der Waals surface area (Å²) in [6, 6.07) is 14.5. The van der Waals surface area contributed by atoms with Gasteiger partial charge < -0.3 is 19.1 Å². The molecule has 29 heavy (non-hydrogen) atoms. The van der Waals surface area contributed by atoms with Crippen molar-refractivity contribution < 1.29 is 27.4 Å². The average Bonchev–Trinajstić information content (AvgIpc) is 2.72. The van der Waals surface area contributed by atoms with Gasteiger partial charge in [-0.2, -0.15) is 0 Å². The Kier molecular flexibility index (Phi) is 6.98. The van der Waals surface area contributed by atoms with Crippen LogP contribution in [0.1, 0.15) is 17.3 Å². The van der Waals surface area contributed by atoms with Crippen molar-refractivity contribution in [1.82, 2.24) is 4.90 Å². The van der Waals surface area contributed by atoms with E-state index >= 15 is 0 Å². The lowest BCUT2D eigenvalue weighted by molar-refractivity contribution is 0.0769. The molecule has 1 amide bonds. The number of sulfone groups is 1. The summed E-state index contributed by atoms with van der Waals surface area (Å²) in [5.41, 5.74) is 0.445. The monoisotopic (exact) mass is 419 g/mol. The summed E-state index contributed by atoms with van der Waals surface area (Å²) in [6.45, 7) is 3.40. The van der Waals surface area contributed by atoms with Gasteiger partial charge in [-0.3, -0.25) is 4.79 Å². The van der Waals surface area contributed by atoms with E-state index in [4.69, 9.17) is 14.2 Å². The summed E-state index contributed by atoms with van der Waals surface area (Å²) in [4.78, 5) is 14.3. The highest BCUT2D eigenvalue weighted by molar-refractivity contribution is 7.91. The third-order valence-corrected chi connectivity index (χ3v) is 6.08. The van der Waals surface area contributed by atoms with E-state index in [1.807, 2.05) is 37.3 Å². The van der Waals surface area contributed by atoms with Gasteiger partial charge in [0.2, 0.25) is 0 Å². The number of carbonyl (C=O) groups excluding carboxylic acids is 1. The summed E-state index contributed by atoms with van der Waals surface area (Å²) in [6.07, 6.45) is 0. The lowest BCUT2D eigenvalue weighted by atomic mass is 10.1. The third-order valence-electron chi connectivity index (χ3n) is 4.47. The maximum atomic E-state index is 12.7. The second-order valence-corrected chi connectivity index (χ2v) is 8.85. The minimum atomic E-state index is -3.04. The smallest absolute Gasteiger partial charge is 0.254 e. The van der Waals surface area contributed by atoms with Crippen LogP contribution in [0.3, 0.4) is 0 Å². The molecule has 0 bridgehead atoms. The molecule has 0 aliphatic carbocycles. The molecule has 0 N–H and O–H groups in total. The number of amides is 1. The van der Waals surface area contributed by atoms with Gasteiger partial charge in [-0.1, -0.05) is 18.2 Å². The van der Waals surface area contributed by atoms with Gasteiger partial charge in [-0.15, -0.1) is 0 Å². The largest absolute Gasteiger partial charge is 0.490 e. The van der Waals surface area contributed by atoms with Crippen LogP contribution in [0.2, 0.25) is 0 Å². The van der Waals surface area contributed by atoms with Crippen molar-refractivity contribution in [3.05, 3.63) is 54.1 Å². The van der Waals surface area contributed by atoms with Crippen molar-refractivity contribution in [2.75, 3.05) is 44.4 Å². The highest BCUT2D eigenvalue weighted by Crippen LogP contribution is 2.29. The van der Waals surface area contributed by atoms with Crippen LogP contribution in [0.25, 0.3) is 0 Å². The molecule has 1 heterocycles. The van der Waals surface area contributed by atoms with Crippen molar-refractivity contribution in [3.63, 3.8) is 0 Å². The van der Waals surface area contributed by atoms with Crippen LogP contribution in [0.5, 0.6) is 17.2 Å². The minimum absolute atomic E-state index is 0.000331. The lowest BCUT2D eigenvalue weighted by Gasteiger charge is -2.27. The van der Waals surface area contributed by atoms with E-state index in [1.165, 1.54) is 0 Å². The second-order valence-electron chi connectivity index (χ2n) is 6.55. The fourth-order valence-electron chi connectivity index (χ4n) is 2.95. The number of carbonyl (C=O) groups is 1. The Bertz CT molecular complexity index is 915. The maximum absolute atomic E-state index is 12.7. The first-order valence-electron chi connectivity index (χ1n) is 9.56. The van der Waals surface area contributed by atoms with Gasteiger partial charge in [-0.05, 0) is 37.3 Å². The molecule has 1 aliphatic rings. The Morgan fingerprint density at radius 2 is 1.62 bits per heavy atom. The number of hydrogen-bond donors (Lipinski definition) is 0.